The Bertz CT molecular complexity index is 208. The van der Waals surface area contributed by atoms with Crippen LogP contribution in [0.2, 0.25) is 0 Å². The van der Waals surface area contributed by atoms with Crippen molar-refractivity contribution in [3.63, 3.8) is 0 Å². The summed E-state index contributed by atoms with van der Waals surface area (Å²) in [6.07, 6.45) is 0.637. The van der Waals surface area contributed by atoms with Crippen LogP contribution in [0.1, 0.15) is 54.4 Å². The molecule has 0 atom stereocenters. The first-order valence-electron chi connectivity index (χ1n) is 8.20. The van der Waals surface area contributed by atoms with E-state index in [0.717, 1.165) is 39.3 Å². The van der Waals surface area contributed by atoms with Crippen LogP contribution in [0.5, 0.6) is 0 Å². The van der Waals surface area contributed by atoms with Crippen molar-refractivity contribution in [2.45, 2.75) is 54.4 Å². The maximum atomic E-state index is 10.1. The molecule has 1 aliphatic rings. The maximum Gasteiger partial charge on any atom is 0.0568 e. The van der Waals surface area contributed by atoms with E-state index in [1.807, 2.05) is 41.5 Å². The molecule has 1 rings (SSSR count). The minimum atomic E-state index is -0.273. The van der Waals surface area contributed by atoms with Gasteiger partial charge in [-0.15, -0.1) is 0 Å². The first kappa shape index (κ1) is 30.6. The van der Waals surface area contributed by atoms with Crippen LogP contribution in [0, 0.1) is 0 Å². The molecule has 0 aromatic carbocycles. The second kappa shape index (κ2) is 29.7. The van der Waals surface area contributed by atoms with Gasteiger partial charge >= 0.3 is 0 Å². The van der Waals surface area contributed by atoms with Crippen molar-refractivity contribution in [1.82, 2.24) is 0 Å². The molecule has 0 bridgehead atoms. The summed E-state index contributed by atoms with van der Waals surface area (Å²) >= 11 is 0. The SMILES string of the molecule is CC[N-]CC.CC[N-]CC.CC[N-]CC.O=C1CCC(=O)[N-]1.[Ta]. The van der Waals surface area contributed by atoms with Gasteiger partial charge in [-0.2, -0.15) is 39.3 Å². The summed E-state index contributed by atoms with van der Waals surface area (Å²) in [7, 11) is 0. The number of rotatable bonds is 6. The van der Waals surface area contributed by atoms with Crippen LogP contribution < -0.4 is 0 Å². The number of hydrogen-bond acceptors (Lipinski definition) is 2. The number of nitrogens with zero attached hydrogens (tertiary/aromatic N) is 4. The van der Waals surface area contributed by atoms with Crippen LogP contribution in [0.25, 0.3) is 21.3 Å². The zero-order chi connectivity index (χ0) is 17.6. The van der Waals surface area contributed by atoms with Crippen LogP contribution >= 0.6 is 0 Å². The Balaban J connectivity index is -0.000000105. The summed E-state index contributed by atoms with van der Waals surface area (Å²) in [5.41, 5.74) is 0. The number of carbonyl (C=O) groups is 2. The van der Waals surface area contributed by atoms with Crippen LogP contribution in [-0.4, -0.2) is 51.1 Å². The molecule has 139 valence electrons. The van der Waals surface area contributed by atoms with E-state index < -0.39 is 0 Å². The summed E-state index contributed by atoms with van der Waals surface area (Å²) in [5.74, 6) is -0.546. The van der Waals surface area contributed by atoms with Gasteiger partial charge in [0.05, 0.1) is 11.8 Å². The fraction of sp³-hybridized carbons (Fsp3) is 0.875. The molecule has 0 aliphatic carbocycles. The van der Waals surface area contributed by atoms with Crippen LogP contribution in [-0.2, 0) is 32.0 Å². The van der Waals surface area contributed by atoms with E-state index in [-0.39, 0.29) is 34.2 Å². The second-order valence-electron chi connectivity index (χ2n) is 3.97. The van der Waals surface area contributed by atoms with E-state index in [1.165, 1.54) is 0 Å². The van der Waals surface area contributed by atoms with Gasteiger partial charge in [0.1, 0.15) is 0 Å². The van der Waals surface area contributed by atoms with Crippen LogP contribution in [0.4, 0.5) is 0 Å². The Morgan fingerprint density at radius 1 is 0.652 bits per heavy atom. The Kier molecular flexibility index (Phi) is 39.6. The van der Waals surface area contributed by atoms with Gasteiger partial charge in [-0.1, -0.05) is 41.5 Å². The van der Waals surface area contributed by atoms with Gasteiger partial charge in [-0.3, -0.25) is 0 Å². The minimum Gasteiger partial charge on any atom is -0.663 e. The third-order valence-corrected chi connectivity index (χ3v) is 2.14. The van der Waals surface area contributed by atoms with Gasteiger partial charge in [-0.05, 0) is 12.8 Å². The topological polar surface area (TPSA) is 90.5 Å². The monoisotopic (exact) mass is 495 g/mol. The number of amides is 2. The fourth-order valence-electron chi connectivity index (χ4n) is 1.14. The third kappa shape index (κ3) is 39.0. The molecule has 1 heterocycles. The fourth-order valence-corrected chi connectivity index (χ4v) is 1.14. The van der Waals surface area contributed by atoms with Crippen molar-refractivity contribution in [3.05, 3.63) is 21.3 Å². The average molecular weight is 495 g/mol. The zero-order valence-electron chi connectivity index (χ0n) is 15.7. The van der Waals surface area contributed by atoms with E-state index in [2.05, 4.69) is 21.3 Å². The molecule has 0 spiro atoms. The van der Waals surface area contributed by atoms with Crippen molar-refractivity contribution < 1.29 is 32.0 Å². The molecule has 7 heteroatoms. The molecule has 2 amide bonds. The zero-order valence-corrected chi connectivity index (χ0v) is 18.9. The van der Waals surface area contributed by atoms with Crippen molar-refractivity contribution in [1.29, 1.82) is 0 Å². The minimum absolute atomic E-state index is 0. The van der Waals surface area contributed by atoms with Crippen molar-refractivity contribution in [2.75, 3.05) is 39.3 Å². The maximum absolute atomic E-state index is 10.1. The summed E-state index contributed by atoms with van der Waals surface area (Å²) < 4.78 is 0. The van der Waals surface area contributed by atoms with Crippen molar-refractivity contribution >= 4 is 11.8 Å². The van der Waals surface area contributed by atoms with Gasteiger partial charge in [0.15, 0.2) is 0 Å². The summed E-state index contributed by atoms with van der Waals surface area (Å²) in [4.78, 5) is 20.1. The molecular weight excluding hydrogens is 461 g/mol. The predicted molar refractivity (Wildman–Crippen MR) is 95.9 cm³/mol. The molecule has 1 fully saturated rings. The molecule has 0 unspecified atom stereocenters. The second-order valence-corrected chi connectivity index (χ2v) is 3.97. The molecule has 0 saturated carbocycles. The van der Waals surface area contributed by atoms with Gasteiger partial charge < -0.3 is 30.9 Å². The van der Waals surface area contributed by atoms with E-state index >= 15 is 0 Å². The quantitative estimate of drug-likeness (QED) is 0.511. The first-order chi connectivity index (χ1) is 10.5. The van der Waals surface area contributed by atoms with E-state index in [1.54, 1.807) is 0 Å². The molecule has 1 aliphatic heterocycles. The van der Waals surface area contributed by atoms with E-state index in [0.29, 0.717) is 12.8 Å². The Hall–Kier alpha value is -0.240. The molecule has 0 aromatic heterocycles. The molecular formula is C16H34N4O2Ta-4. The molecule has 6 nitrogen and oxygen atoms in total. The largest absolute Gasteiger partial charge is 0.663 e. The van der Waals surface area contributed by atoms with Gasteiger partial charge in [0, 0.05) is 22.4 Å². The van der Waals surface area contributed by atoms with Crippen LogP contribution in [0.15, 0.2) is 0 Å². The first-order valence-corrected chi connectivity index (χ1v) is 8.20. The Morgan fingerprint density at radius 2 is 0.870 bits per heavy atom. The number of hydrogen-bond donors (Lipinski definition) is 0. The number of imide groups is 1. The predicted octanol–water partition coefficient (Wildman–Crippen LogP) is 4.40. The van der Waals surface area contributed by atoms with Gasteiger partial charge in [-0.25, -0.2) is 0 Å². The summed E-state index contributed by atoms with van der Waals surface area (Å²) in [5, 5.41) is 15.0. The Labute approximate surface area is 158 Å². The summed E-state index contributed by atoms with van der Waals surface area (Å²) in [6, 6.07) is 0. The standard InChI is InChI=1S/C4H5NO2.3C4H10N.Ta/c6-3-1-2-4(7)5-3;3*1-3-5-4-2;/h1-2H2,(H,5,6,7);3*3-4H2,1-2H3;/q;3*-1;/p-1. The van der Waals surface area contributed by atoms with Crippen molar-refractivity contribution in [2.24, 2.45) is 0 Å². The molecule has 23 heavy (non-hydrogen) atoms. The normalized spacial score (nSPS) is 11.6. The number of carbonyl (C=O) groups excluding carboxylic acids is 2. The van der Waals surface area contributed by atoms with E-state index in [9.17, 15) is 9.59 Å². The Morgan fingerprint density at radius 3 is 0.913 bits per heavy atom. The molecule has 0 aromatic rings. The summed E-state index contributed by atoms with van der Waals surface area (Å²) in [6.45, 7) is 18.1. The molecule has 1 saturated heterocycles. The smallest absolute Gasteiger partial charge is 0.0568 e. The van der Waals surface area contributed by atoms with Crippen LogP contribution in [0.3, 0.4) is 0 Å². The van der Waals surface area contributed by atoms with Gasteiger partial charge in [0.2, 0.25) is 0 Å². The van der Waals surface area contributed by atoms with Crippen molar-refractivity contribution in [3.8, 4) is 0 Å². The molecule has 0 N–H and O–H groups in total. The third-order valence-electron chi connectivity index (χ3n) is 2.14. The van der Waals surface area contributed by atoms with E-state index in [4.69, 9.17) is 0 Å². The van der Waals surface area contributed by atoms with Gasteiger partial charge in [0.25, 0.3) is 0 Å². The molecule has 1 radical (unpaired) electrons. The average Bonchev–Trinajstić information content (AvgIpc) is 2.87.